The number of rotatable bonds is 6. The first-order chi connectivity index (χ1) is 11.1. The van der Waals surface area contributed by atoms with Crippen LogP contribution in [-0.2, 0) is 14.3 Å². The van der Waals surface area contributed by atoms with Crippen LogP contribution in [0.2, 0.25) is 0 Å². The molecule has 0 fully saturated rings. The van der Waals surface area contributed by atoms with Crippen LogP contribution in [0.1, 0.15) is 29.9 Å². The molecular formula is C16H16N2O4S. The Bertz CT molecular complexity index is 776. The van der Waals surface area contributed by atoms with E-state index in [1.165, 1.54) is 0 Å². The van der Waals surface area contributed by atoms with E-state index in [1.807, 2.05) is 0 Å². The molecule has 0 radical (unpaired) electrons. The van der Waals surface area contributed by atoms with Crippen LogP contribution in [0.15, 0.2) is 29.3 Å². The first kappa shape index (κ1) is 16.9. The smallest absolute Gasteiger partial charge is 0.341 e. The molecule has 0 saturated heterocycles. The summed E-state index contributed by atoms with van der Waals surface area (Å²) in [5.74, 6) is -0.887. The van der Waals surface area contributed by atoms with E-state index in [-0.39, 0.29) is 19.0 Å². The Kier molecular flexibility index (Phi) is 5.66. The van der Waals surface area contributed by atoms with Crippen molar-refractivity contribution < 1.29 is 19.1 Å². The zero-order chi connectivity index (χ0) is 16.8. The minimum Gasteiger partial charge on any atom is -0.465 e. The summed E-state index contributed by atoms with van der Waals surface area (Å²) < 4.78 is 11.6. The lowest BCUT2D eigenvalue weighted by atomic mass is 10.2. The SMILES string of the molecule is CCOC(=O)CSc1c(C(=O)OCC)c2ccccn2c1C#N. The van der Waals surface area contributed by atoms with Gasteiger partial charge < -0.3 is 13.9 Å². The van der Waals surface area contributed by atoms with Crippen molar-refractivity contribution in [3.05, 3.63) is 35.7 Å². The van der Waals surface area contributed by atoms with Gasteiger partial charge in [0.2, 0.25) is 0 Å². The fourth-order valence-corrected chi connectivity index (χ4v) is 3.12. The van der Waals surface area contributed by atoms with Crippen LogP contribution >= 0.6 is 11.8 Å². The molecule has 0 N–H and O–H groups in total. The zero-order valence-corrected chi connectivity index (χ0v) is 13.7. The number of ether oxygens (including phenoxy) is 2. The van der Waals surface area contributed by atoms with E-state index in [0.717, 1.165) is 11.8 Å². The second-order valence-electron chi connectivity index (χ2n) is 4.43. The molecule has 0 saturated carbocycles. The van der Waals surface area contributed by atoms with Gasteiger partial charge in [-0.05, 0) is 26.0 Å². The summed E-state index contributed by atoms with van der Waals surface area (Å²) in [5, 5.41) is 9.46. The van der Waals surface area contributed by atoms with Crippen molar-refractivity contribution >= 4 is 29.2 Å². The number of hydrogen-bond donors (Lipinski definition) is 0. The third-order valence-corrected chi connectivity index (χ3v) is 4.09. The molecular weight excluding hydrogens is 316 g/mol. The number of carbonyl (C=O) groups excluding carboxylic acids is 2. The summed E-state index contributed by atoms with van der Waals surface area (Å²) in [4.78, 5) is 24.3. The molecule has 0 aliphatic heterocycles. The highest BCUT2D eigenvalue weighted by Gasteiger charge is 2.25. The molecule has 0 aromatic carbocycles. The van der Waals surface area contributed by atoms with Gasteiger partial charge in [-0.15, -0.1) is 11.8 Å². The van der Waals surface area contributed by atoms with Gasteiger partial charge in [-0.1, -0.05) is 6.07 Å². The van der Waals surface area contributed by atoms with E-state index < -0.39 is 11.9 Å². The zero-order valence-electron chi connectivity index (χ0n) is 12.9. The number of nitrogens with zero attached hydrogens (tertiary/aromatic N) is 2. The molecule has 0 unspecified atom stereocenters. The molecule has 0 aliphatic rings. The van der Waals surface area contributed by atoms with Gasteiger partial charge in [-0.3, -0.25) is 4.79 Å². The monoisotopic (exact) mass is 332 g/mol. The van der Waals surface area contributed by atoms with Crippen molar-refractivity contribution in [1.82, 2.24) is 4.40 Å². The Morgan fingerprint density at radius 1 is 1.26 bits per heavy atom. The highest BCUT2D eigenvalue weighted by Crippen LogP contribution is 2.33. The third-order valence-electron chi connectivity index (χ3n) is 3.02. The van der Waals surface area contributed by atoms with E-state index >= 15 is 0 Å². The number of hydrogen-bond acceptors (Lipinski definition) is 6. The summed E-state index contributed by atoms with van der Waals surface area (Å²) >= 11 is 1.11. The number of carbonyl (C=O) groups is 2. The molecule has 2 heterocycles. The van der Waals surface area contributed by atoms with Gasteiger partial charge in [-0.25, -0.2) is 4.79 Å². The average molecular weight is 332 g/mol. The average Bonchev–Trinajstić information content (AvgIpc) is 2.86. The lowest BCUT2D eigenvalue weighted by Crippen LogP contribution is -2.08. The fraction of sp³-hybridized carbons (Fsp3) is 0.312. The second kappa shape index (κ2) is 7.70. The minimum atomic E-state index is -0.510. The molecule has 6 nitrogen and oxygen atoms in total. The topological polar surface area (TPSA) is 80.8 Å². The van der Waals surface area contributed by atoms with Crippen molar-refractivity contribution in [2.45, 2.75) is 18.7 Å². The summed E-state index contributed by atoms with van der Waals surface area (Å²) in [5.41, 5.74) is 1.19. The number of nitriles is 1. The number of esters is 2. The van der Waals surface area contributed by atoms with Gasteiger partial charge in [0.1, 0.15) is 17.3 Å². The highest BCUT2D eigenvalue weighted by atomic mass is 32.2. The van der Waals surface area contributed by atoms with Crippen molar-refractivity contribution in [3.63, 3.8) is 0 Å². The van der Waals surface area contributed by atoms with Gasteiger partial charge in [0.25, 0.3) is 0 Å². The minimum absolute atomic E-state index is 0.0196. The second-order valence-corrected chi connectivity index (χ2v) is 5.42. The van der Waals surface area contributed by atoms with Crippen LogP contribution in [0.25, 0.3) is 5.52 Å². The maximum absolute atomic E-state index is 12.3. The molecule has 0 spiro atoms. The van der Waals surface area contributed by atoms with Crippen LogP contribution in [0.5, 0.6) is 0 Å². The summed E-state index contributed by atoms with van der Waals surface area (Å²) in [6.45, 7) is 3.95. The fourth-order valence-electron chi connectivity index (χ4n) is 2.17. The Hall–Kier alpha value is -2.46. The van der Waals surface area contributed by atoms with Crippen LogP contribution in [0, 0.1) is 11.3 Å². The molecule has 120 valence electrons. The van der Waals surface area contributed by atoms with Gasteiger partial charge >= 0.3 is 11.9 Å². The molecule has 7 heteroatoms. The summed E-state index contributed by atoms with van der Waals surface area (Å²) in [6, 6.07) is 7.37. The van der Waals surface area contributed by atoms with Crippen LogP contribution in [0.3, 0.4) is 0 Å². The first-order valence-corrected chi connectivity index (χ1v) is 8.11. The summed E-state index contributed by atoms with van der Waals surface area (Å²) in [6.07, 6.45) is 1.70. The predicted octanol–water partition coefficient (Wildman–Crippen LogP) is 2.64. The molecule has 0 bridgehead atoms. The predicted molar refractivity (Wildman–Crippen MR) is 85.4 cm³/mol. The van der Waals surface area contributed by atoms with E-state index in [1.54, 1.807) is 42.6 Å². The van der Waals surface area contributed by atoms with Gasteiger partial charge in [-0.2, -0.15) is 5.26 Å². The molecule has 0 atom stereocenters. The van der Waals surface area contributed by atoms with Crippen molar-refractivity contribution in [2.75, 3.05) is 19.0 Å². The number of pyridine rings is 1. The van der Waals surface area contributed by atoms with Gasteiger partial charge in [0.05, 0.1) is 29.4 Å². The van der Waals surface area contributed by atoms with Crippen LogP contribution < -0.4 is 0 Å². The van der Waals surface area contributed by atoms with E-state index in [0.29, 0.717) is 21.7 Å². The Balaban J connectivity index is 2.51. The van der Waals surface area contributed by atoms with Gasteiger partial charge in [0.15, 0.2) is 0 Å². The molecule has 2 aromatic rings. The standard InChI is InChI=1S/C16H16N2O4S/c1-3-21-13(19)10-23-15-12(9-17)18-8-6-5-7-11(18)14(15)16(20)22-4-2/h5-8H,3-4,10H2,1-2H3. The van der Waals surface area contributed by atoms with Crippen molar-refractivity contribution in [2.24, 2.45) is 0 Å². The maximum Gasteiger partial charge on any atom is 0.341 e. The van der Waals surface area contributed by atoms with Crippen LogP contribution in [0.4, 0.5) is 0 Å². The van der Waals surface area contributed by atoms with Crippen molar-refractivity contribution in [3.8, 4) is 6.07 Å². The number of fused-ring (bicyclic) bond motifs is 1. The Morgan fingerprint density at radius 3 is 2.65 bits per heavy atom. The molecule has 23 heavy (non-hydrogen) atoms. The van der Waals surface area contributed by atoms with E-state index in [2.05, 4.69) is 6.07 Å². The lowest BCUT2D eigenvalue weighted by molar-refractivity contribution is -0.139. The van der Waals surface area contributed by atoms with Crippen LogP contribution in [-0.4, -0.2) is 35.3 Å². The van der Waals surface area contributed by atoms with Gasteiger partial charge in [0, 0.05) is 6.20 Å². The Morgan fingerprint density at radius 2 is 2.00 bits per heavy atom. The molecule has 0 aliphatic carbocycles. The first-order valence-electron chi connectivity index (χ1n) is 7.12. The Labute approximate surface area is 138 Å². The normalized spacial score (nSPS) is 10.3. The quantitative estimate of drug-likeness (QED) is 0.597. The lowest BCUT2D eigenvalue weighted by Gasteiger charge is -2.05. The number of thioether (sulfide) groups is 1. The number of aromatic nitrogens is 1. The van der Waals surface area contributed by atoms with E-state index in [4.69, 9.17) is 9.47 Å². The van der Waals surface area contributed by atoms with E-state index in [9.17, 15) is 14.9 Å². The highest BCUT2D eigenvalue weighted by molar-refractivity contribution is 8.00. The maximum atomic E-state index is 12.3. The summed E-state index contributed by atoms with van der Waals surface area (Å²) in [7, 11) is 0. The molecule has 2 aromatic heterocycles. The molecule has 2 rings (SSSR count). The largest absolute Gasteiger partial charge is 0.465 e. The third kappa shape index (κ3) is 3.48. The molecule has 0 amide bonds. The van der Waals surface area contributed by atoms with Crippen molar-refractivity contribution in [1.29, 1.82) is 5.26 Å².